The number of rotatable bonds is 5. The highest BCUT2D eigenvalue weighted by molar-refractivity contribution is 6.31. The molecule has 3 N–H and O–H groups in total. The van der Waals surface area contributed by atoms with E-state index in [1.807, 2.05) is 0 Å². The van der Waals surface area contributed by atoms with Crippen LogP contribution in [-0.2, 0) is 11.3 Å². The van der Waals surface area contributed by atoms with Gasteiger partial charge in [-0.3, -0.25) is 10.1 Å². The molecule has 1 aromatic carbocycles. The second kappa shape index (κ2) is 5.77. The summed E-state index contributed by atoms with van der Waals surface area (Å²) in [5, 5.41) is 6.44. The molecule has 0 fully saturated rings. The third-order valence-electron chi connectivity index (χ3n) is 2.22. The van der Waals surface area contributed by atoms with Gasteiger partial charge in [-0.1, -0.05) is 16.8 Å². The third kappa shape index (κ3) is 3.49. The molecule has 1 heterocycles. The normalized spacial score (nSPS) is 10.6. The number of carbonyl (C=O) groups is 1. The van der Waals surface area contributed by atoms with Crippen LogP contribution in [0.4, 0.5) is 4.39 Å². The van der Waals surface area contributed by atoms with Crippen molar-refractivity contribution in [2.45, 2.75) is 6.54 Å². The molecule has 19 heavy (non-hydrogen) atoms. The highest BCUT2D eigenvalue weighted by atomic mass is 35.5. The van der Waals surface area contributed by atoms with Crippen molar-refractivity contribution in [3.63, 3.8) is 0 Å². The van der Waals surface area contributed by atoms with Crippen molar-refractivity contribution in [1.82, 2.24) is 15.5 Å². The lowest BCUT2D eigenvalue weighted by molar-refractivity contribution is -0.117. The fraction of sp³-hybridized carbons (Fsp3) is 0.182. The van der Waals surface area contributed by atoms with Gasteiger partial charge in [-0.05, 0) is 18.2 Å². The van der Waals surface area contributed by atoms with Crippen LogP contribution in [0.2, 0.25) is 5.02 Å². The highest BCUT2D eigenvalue weighted by Gasteiger charge is 2.10. The molecule has 0 aliphatic carbocycles. The maximum Gasteiger partial charge on any atom is 0.240 e. The van der Waals surface area contributed by atoms with Gasteiger partial charge in [0, 0.05) is 5.56 Å². The molecule has 8 heteroatoms. The van der Waals surface area contributed by atoms with E-state index in [9.17, 15) is 9.18 Å². The van der Waals surface area contributed by atoms with E-state index < -0.39 is 11.7 Å². The average molecular weight is 285 g/mol. The molecule has 0 aliphatic rings. The fourth-order valence-electron chi connectivity index (χ4n) is 1.37. The quantitative estimate of drug-likeness (QED) is 0.857. The Morgan fingerprint density at radius 2 is 2.32 bits per heavy atom. The Morgan fingerprint density at radius 3 is 3.00 bits per heavy atom. The number of benzene rings is 1. The Labute approximate surface area is 112 Å². The summed E-state index contributed by atoms with van der Waals surface area (Å²) in [7, 11) is 0. The van der Waals surface area contributed by atoms with Crippen LogP contribution >= 0.6 is 11.6 Å². The second-order valence-corrected chi connectivity index (χ2v) is 4.12. The Bertz CT molecular complexity index is 602. The summed E-state index contributed by atoms with van der Waals surface area (Å²) in [6.45, 7) is 0.227. The lowest BCUT2D eigenvalue weighted by Crippen LogP contribution is -2.28. The first-order valence-electron chi connectivity index (χ1n) is 5.33. The van der Waals surface area contributed by atoms with Crippen molar-refractivity contribution in [3.8, 4) is 11.4 Å². The maximum atomic E-state index is 13.0. The van der Waals surface area contributed by atoms with Crippen molar-refractivity contribution in [3.05, 3.63) is 34.9 Å². The zero-order valence-corrected chi connectivity index (χ0v) is 10.4. The molecule has 0 unspecified atom stereocenters. The van der Waals surface area contributed by atoms with E-state index in [0.29, 0.717) is 5.56 Å². The largest absolute Gasteiger partial charge is 0.369 e. The van der Waals surface area contributed by atoms with Crippen LogP contribution in [0.1, 0.15) is 5.89 Å². The van der Waals surface area contributed by atoms with Crippen molar-refractivity contribution >= 4 is 17.5 Å². The molecule has 0 bridgehead atoms. The molecule has 1 amide bonds. The lowest BCUT2D eigenvalue weighted by Gasteiger charge is -1.97. The van der Waals surface area contributed by atoms with Crippen molar-refractivity contribution in [2.24, 2.45) is 5.73 Å². The number of nitrogens with two attached hydrogens (primary N) is 1. The van der Waals surface area contributed by atoms with E-state index >= 15 is 0 Å². The minimum Gasteiger partial charge on any atom is -0.369 e. The number of halogens is 2. The summed E-state index contributed by atoms with van der Waals surface area (Å²) >= 11 is 5.66. The van der Waals surface area contributed by atoms with Crippen molar-refractivity contribution < 1.29 is 13.7 Å². The van der Waals surface area contributed by atoms with E-state index in [0.717, 1.165) is 0 Å². The van der Waals surface area contributed by atoms with Gasteiger partial charge in [0.2, 0.25) is 17.6 Å². The number of primary amides is 1. The van der Waals surface area contributed by atoms with Crippen molar-refractivity contribution in [1.29, 1.82) is 0 Å². The minimum absolute atomic E-state index is 0.0140. The monoisotopic (exact) mass is 284 g/mol. The smallest absolute Gasteiger partial charge is 0.240 e. The standard InChI is InChI=1S/C11H10ClFN4O2/c12-7-3-6(1-2-8(7)13)11-16-10(19-17-11)5-15-4-9(14)18/h1-3,15H,4-5H2,(H2,14,18). The molecule has 100 valence electrons. The van der Waals surface area contributed by atoms with Crippen LogP contribution in [0.25, 0.3) is 11.4 Å². The van der Waals surface area contributed by atoms with Gasteiger partial charge in [0.05, 0.1) is 18.1 Å². The highest BCUT2D eigenvalue weighted by Crippen LogP contribution is 2.22. The lowest BCUT2D eigenvalue weighted by atomic mass is 10.2. The zero-order valence-electron chi connectivity index (χ0n) is 9.69. The van der Waals surface area contributed by atoms with E-state index in [1.165, 1.54) is 18.2 Å². The maximum absolute atomic E-state index is 13.0. The number of hydrogen-bond donors (Lipinski definition) is 2. The summed E-state index contributed by atoms with van der Waals surface area (Å²) in [6.07, 6.45) is 0. The molecule has 0 spiro atoms. The van der Waals surface area contributed by atoms with Crippen LogP contribution in [0.5, 0.6) is 0 Å². The molecule has 1 aromatic heterocycles. The Balaban J connectivity index is 2.07. The molecular weight excluding hydrogens is 275 g/mol. The van der Waals surface area contributed by atoms with Gasteiger partial charge in [-0.2, -0.15) is 4.98 Å². The number of amides is 1. The first-order chi connectivity index (χ1) is 9.06. The van der Waals surface area contributed by atoms with Crippen LogP contribution in [0, 0.1) is 5.82 Å². The van der Waals surface area contributed by atoms with Crippen LogP contribution in [-0.4, -0.2) is 22.6 Å². The number of nitrogens with zero attached hydrogens (tertiary/aromatic N) is 2. The topological polar surface area (TPSA) is 94.0 Å². The van der Waals surface area contributed by atoms with E-state index in [1.54, 1.807) is 0 Å². The second-order valence-electron chi connectivity index (χ2n) is 3.71. The number of hydrogen-bond acceptors (Lipinski definition) is 5. The average Bonchev–Trinajstić information content (AvgIpc) is 2.81. The first kappa shape index (κ1) is 13.4. The summed E-state index contributed by atoms with van der Waals surface area (Å²) in [4.78, 5) is 14.6. The van der Waals surface area contributed by atoms with Gasteiger partial charge in [0.1, 0.15) is 5.82 Å². The minimum atomic E-state index is -0.516. The van der Waals surface area contributed by atoms with Gasteiger partial charge < -0.3 is 10.3 Å². The summed E-state index contributed by atoms with van der Waals surface area (Å²) in [5.74, 6) is -0.420. The van der Waals surface area contributed by atoms with Crippen LogP contribution < -0.4 is 11.1 Å². The van der Waals surface area contributed by atoms with E-state index in [4.69, 9.17) is 21.9 Å². The zero-order chi connectivity index (χ0) is 13.8. The summed E-state index contributed by atoms with van der Waals surface area (Å²) in [5.41, 5.74) is 5.50. The van der Waals surface area contributed by atoms with Gasteiger partial charge >= 0.3 is 0 Å². The molecule has 0 radical (unpaired) electrons. The van der Waals surface area contributed by atoms with Gasteiger partial charge in [-0.15, -0.1) is 0 Å². The molecular formula is C11H10ClFN4O2. The Hall–Kier alpha value is -1.99. The van der Waals surface area contributed by atoms with Gasteiger partial charge in [0.25, 0.3) is 0 Å². The predicted molar refractivity (Wildman–Crippen MR) is 65.6 cm³/mol. The molecule has 0 saturated heterocycles. The fourth-order valence-corrected chi connectivity index (χ4v) is 1.55. The van der Waals surface area contributed by atoms with Crippen LogP contribution in [0.15, 0.2) is 22.7 Å². The SMILES string of the molecule is NC(=O)CNCc1nc(-c2ccc(F)c(Cl)c2)no1. The molecule has 0 saturated carbocycles. The molecule has 0 atom stereocenters. The summed E-state index contributed by atoms with van der Waals surface area (Å²) < 4.78 is 18.0. The van der Waals surface area contributed by atoms with Crippen molar-refractivity contribution in [2.75, 3.05) is 6.54 Å². The number of nitrogens with one attached hydrogen (secondary N) is 1. The van der Waals surface area contributed by atoms with E-state index in [-0.39, 0.29) is 29.8 Å². The molecule has 2 aromatic rings. The first-order valence-corrected chi connectivity index (χ1v) is 5.71. The van der Waals surface area contributed by atoms with Gasteiger partial charge in [0.15, 0.2) is 0 Å². The molecule has 6 nitrogen and oxygen atoms in total. The number of aromatic nitrogens is 2. The van der Waals surface area contributed by atoms with Crippen LogP contribution in [0.3, 0.4) is 0 Å². The summed E-state index contributed by atoms with van der Waals surface area (Å²) in [6, 6.07) is 4.12. The molecule has 2 rings (SSSR count). The Kier molecular flexibility index (Phi) is 4.08. The number of carbonyl (C=O) groups excluding carboxylic acids is 1. The van der Waals surface area contributed by atoms with E-state index in [2.05, 4.69) is 15.5 Å². The van der Waals surface area contributed by atoms with Gasteiger partial charge in [-0.25, -0.2) is 4.39 Å². The third-order valence-corrected chi connectivity index (χ3v) is 2.51. The predicted octanol–water partition coefficient (Wildman–Crippen LogP) is 1.10. The molecule has 0 aliphatic heterocycles. The Morgan fingerprint density at radius 1 is 1.53 bits per heavy atom.